The van der Waals surface area contributed by atoms with Crippen molar-refractivity contribution in [3.8, 4) is 11.5 Å². The Morgan fingerprint density at radius 3 is 2.32 bits per heavy atom. The topological polar surface area (TPSA) is 55.8 Å². The van der Waals surface area contributed by atoms with Gasteiger partial charge in [-0.1, -0.05) is 6.92 Å². The maximum Gasteiger partial charge on any atom is 0.343 e. The molecule has 0 aromatic heterocycles. The zero-order valence-electron chi connectivity index (χ0n) is 14.2. The number of esters is 1. The molecule has 5 heteroatoms. The van der Waals surface area contributed by atoms with E-state index in [1.807, 2.05) is 6.92 Å². The normalized spacial score (nSPS) is 13.8. The van der Waals surface area contributed by atoms with E-state index in [9.17, 15) is 9.59 Å². The minimum absolute atomic E-state index is 0.126. The van der Waals surface area contributed by atoms with Crippen molar-refractivity contribution in [2.24, 2.45) is 0 Å². The van der Waals surface area contributed by atoms with Crippen molar-refractivity contribution in [3.63, 3.8) is 0 Å². The molecule has 0 saturated carbocycles. The fourth-order valence-corrected chi connectivity index (χ4v) is 2.69. The molecular formula is C20H21NO4. The van der Waals surface area contributed by atoms with Crippen LogP contribution in [0.3, 0.4) is 0 Å². The number of nitrogens with zero attached hydrogens (tertiary/aromatic N) is 1. The smallest absolute Gasteiger partial charge is 0.343 e. The number of ether oxygens (including phenoxy) is 2. The summed E-state index contributed by atoms with van der Waals surface area (Å²) < 4.78 is 10.9. The van der Waals surface area contributed by atoms with Crippen molar-refractivity contribution in [2.75, 3.05) is 18.1 Å². The van der Waals surface area contributed by atoms with Crippen LogP contribution < -0.4 is 14.4 Å². The zero-order valence-corrected chi connectivity index (χ0v) is 14.2. The van der Waals surface area contributed by atoms with E-state index in [0.717, 1.165) is 30.8 Å². The first-order chi connectivity index (χ1) is 12.2. The predicted octanol–water partition coefficient (Wildman–Crippen LogP) is 3.82. The maximum absolute atomic E-state index is 12.2. The van der Waals surface area contributed by atoms with Crippen LogP contribution in [0.4, 0.5) is 5.69 Å². The lowest BCUT2D eigenvalue weighted by molar-refractivity contribution is -0.117. The molecule has 1 aliphatic heterocycles. The van der Waals surface area contributed by atoms with Crippen LogP contribution in [0, 0.1) is 0 Å². The molecule has 0 spiro atoms. The highest BCUT2D eigenvalue weighted by molar-refractivity contribution is 5.96. The van der Waals surface area contributed by atoms with Crippen molar-refractivity contribution in [1.29, 1.82) is 0 Å². The van der Waals surface area contributed by atoms with E-state index in [0.29, 0.717) is 24.3 Å². The largest absolute Gasteiger partial charge is 0.494 e. The highest BCUT2D eigenvalue weighted by Crippen LogP contribution is 2.23. The van der Waals surface area contributed by atoms with E-state index in [4.69, 9.17) is 9.47 Å². The number of benzene rings is 2. The van der Waals surface area contributed by atoms with Gasteiger partial charge >= 0.3 is 5.97 Å². The van der Waals surface area contributed by atoms with Crippen molar-refractivity contribution in [3.05, 3.63) is 54.1 Å². The average Bonchev–Trinajstić information content (AvgIpc) is 3.07. The lowest BCUT2D eigenvalue weighted by Crippen LogP contribution is -2.23. The van der Waals surface area contributed by atoms with Crippen LogP contribution in [-0.2, 0) is 4.79 Å². The monoisotopic (exact) mass is 339 g/mol. The second kappa shape index (κ2) is 7.83. The van der Waals surface area contributed by atoms with E-state index in [2.05, 4.69) is 0 Å². The number of carbonyl (C=O) groups is 2. The minimum atomic E-state index is -0.429. The van der Waals surface area contributed by atoms with E-state index in [1.165, 1.54) is 0 Å². The summed E-state index contributed by atoms with van der Waals surface area (Å²) >= 11 is 0. The van der Waals surface area contributed by atoms with Crippen LogP contribution in [-0.4, -0.2) is 25.0 Å². The Labute approximate surface area is 147 Å². The van der Waals surface area contributed by atoms with Crippen LogP contribution in [0.2, 0.25) is 0 Å². The number of rotatable bonds is 6. The van der Waals surface area contributed by atoms with Gasteiger partial charge in [0.05, 0.1) is 12.2 Å². The Balaban J connectivity index is 1.62. The summed E-state index contributed by atoms with van der Waals surface area (Å²) in [7, 11) is 0. The number of anilines is 1. The van der Waals surface area contributed by atoms with E-state index < -0.39 is 5.97 Å². The fraction of sp³-hybridized carbons (Fsp3) is 0.300. The molecule has 130 valence electrons. The third-order valence-corrected chi connectivity index (χ3v) is 4.00. The van der Waals surface area contributed by atoms with Crippen LogP contribution >= 0.6 is 0 Å². The molecule has 3 rings (SSSR count). The van der Waals surface area contributed by atoms with Crippen LogP contribution in [0.5, 0.6) is 11.5 Å². The van der Waals surface area contributed by atoms with Crippen molar-refractivity contribution in [1.82, 2.24) is 0 Å². The number of hydrogen-bond acceptors (Lipinski definition) is 4. The predicted molar refractivity (Wildman–Crippen MR) is 95.2 cm³/mol. The third-order valence-electron chi connectivity index (χ3n) is 4.00. The Bertz CT molecular complexity index is 737. The van der Waals surface area contributed by atoms with Gasteiger partial charge in [-0.15, -0.1) is 0 Å². The maximum atomic E-state index is 12.2. The summed E-state index contributed by atoms with van der Waals surface area (Å²) in [4.78, 5) is 25.7. The molecule has 1 fully saturated rings. The van der Waals surface area contributed by atoms with Gasteiger partial charge in [0.25, 0.3) is 0 Å². The molecule has 0 bridgehead atoms. The molecule has 0 aliphatic carbocycles. The number of amides is 1. The molecule has 0 unspecified atom stereocenters. The standard InChI is InChI=1S/C20H21NO4/c1-2-14-24-17-9-11-18(12-10-17)25-20(23)15-5-7-16(8-6-15)21-13-3-4-19(21)22/h5-12H,2-4,13-14H2,1H3. The molecule has 25 heavy (non-hydrogen) atoms. The van der Waals surface area contributed by atoms with Gasteiger partial charge in [0.2, 0.25) is 5.91 Å². The molecule has 1 heterocycles. The third kappa shape index (κ3) is 4.18. The molecule has 5 nitrogen and oxygen atoms in total. The summed E-state index contributed by atoms with van der Waals surface area (Å²) in [6.07, 6.45) is 2.40. The summed E-state index contributed by atoms with van der Waals surface area (Å²) in [5, 5.41) is 0. The summed E-state index contributed by atoms with van der Waals surface area (Å²) in [5.74, 6) is 0.913. The Morgan fingerprint density at radius 2 is 1.72 bits per heavy atom. The fourth-order valence-electron chi connectivity index (χ4n) is 2.69. The van der Waals surface area contributed by atoms with Crippen LogP contribution in [0.25, 0.3) is 0 Å². The van der Waals surface area contributed by atoms with Gasteiger partial charge in [0.1, 0.15) is 11.5 Å². The number of hydrogen-bond donors (Lipinski definition) is 0. The van der Waals surface area contributed by atoms with Gasteiger partial charge in [0, 0.05) is 18.7 Å². The molecule has 0 atom stereocenters. The highest BCUT2D eigenvalue weighted by Gasteiger charge is 2.21. The van der Waals surface area contributed by atoms with E-state index in [1.54, 1.807) is 53.4 Å². The van der Waals surface area contributed by atoms with E-state index in [-0.39, 0.29) is 5.91 Å². The molecule has 0 N–H and O–H groups in total. The molecule has 1 aliphatic rings. The van der Waals surface area contributed by atoms with Gasteiger partial charge < -0.3 is 14.4 Å². The minimum Gasteiger partial charge on any atom is -0.494 e. The van der Waals surface area contributed by atoms with Crippen molar-refractivity contribution >= 4 is 17.6 Å². The lowest BCUT2D eigenvalue weighted by Gasteiger charge is -2.15. The highest BCUT2D eigenvalue weighted by atomic mass is 16.5. The van der Waals surface area contributed by atoms with Crippen molar-refractivity contribution < 1.29 is 19.1 Å². The Kier molecular flexibility index (Phi) is 5.33. The molecular weight excluding hydrogens is 318 g/mol. The first kappa shape index (κ1) is 17.0. The van der Waals surface area contributed by atoms with Gasteiger partial charge in [-0.25, -0.2) is 4.79 Å². The van der Waals surface area contributed by atoms with Gasteiger partial charge in [0.15, 0.2) is 0 Å². The molecule has 1 amide bonds. The molecule has 0 radical (unpaired) electrons. The van der Waals surface area contributed by atoms with Crippen molar-refractivity contribution in [2.45, 2.75) is 26.2 Å². The first-order valence-corrected chi connectivity index (χ1v) is 8.53. The summed E-state index contributed by atoms with van der Waals surface area (Å²) in [6, 6.07) is 13.9. The van der Waals surface area contributed by atoms with Gasteiger partial charge in [-0.2, -0.15) is 0 Å². The summed E-state index contributed by atoms with van der Waals surface area (Å²) in [5.41, 5.74) is 1.26. The Hall–Kier alpha value is -2.82. The SMILES string of the molecule is CCCOc1ccc(OC(=O)c2ccc(N3CCCC3=O)cc2)cc1. The summed E-state index contributed by atoms with van der Waals surface area (Å²) in [6.45, 7) is 3.43. The molecule has 1 saturated heterocycles. The number of carbonyl (C=O) groups excluding carboxylic acids is 2. The van der Waals surface area contributed by atoms with Crippen LogP contribution in [0.1, 0.15) is 36.5 Å². The molecule has 2 aromatic rings. The quantitative estimate of drug-likeness (QED) is 0.593. The van der Waals surface area contributed by atoms with Crippen LogP contribution in [0.15, 0.2) is 48.5 Å². The van der Waals surface area contributed by atoms with E-state index >= 15 is 0 Å². The first-order valence-electron chi connectivity index (χ1n) is 8.53. The Morgan fingerprint density at radius 1 is 1.04 bits per heavy atom. The molecule has 2 aromatic carbocycles. The average molecular weight is 339 g/mol. The van der Waals surface area contributed by atoms with Gasteiger partial charge in [-0.05, 0) is 61.4 Å². The second-order valence-electron chi connectivity index (χ2n) is 5.91. The lowest BCUT2D eigenvalue weighted by atomic mass is 10.2. The zero-order chi connectivity index (χ0) is 17.6. The van der Waals surface area contributed by atoms with Gasteiger partial charge in [-0.3, -0.25) is 4.79 Å². The second-order valence-corrected chi connectivity index (χ2v) is 5.91.